The molecule has 0 amide bonds. The van der Waals surface area contributed by atoms with Crippen molar-refractivity contribution in [1.29, 1.82) is 0 Å². The van der Waals surface area contributed by atoms with Crippen LogP contribution in [-0.2, 0) is 6.42 Å². The van der Waals surface area contributed by atoms with Crippen molar-refractivity contribution >= 4 is 11.6 Å². The molecule has 1 fully saturated rings. The minimum Gasteiger partial charge on any atom is -0.319 e. The number of benzene rings is 1. The van der Waals surface area contributed by atoms with Crippen molar-refractivity contribution in [3.8, 4) is 0 Å². The fourth-order valence-electron chi connectivity index (χ4n) is 3.05. The number of hydrogen-bond acceptors (Lipinski definition) is 1. The SMILES string of the molecule is CNCC1CCCCC1Cc1ccc(Cl)cc1F. The van der Waals surface area contributed by atoms with E-state index in [9.17, 15) is 4.39 Å². The first kappa shape index (κ1) is 13.8. The Hall–Kier alpha value is -0.600. The van der Waals surface area contributed by atoms with E-state index in [2.05, 4.69) is 5.32 Å². The number of rotatable bonds is 4. The quantitative estimate of drug-likeness (QED) is 0.870. The van der Waals surface area contributed by atoms with E-state index in [0.717, 1.165) is 18.5 Å². The molecule has 1 aliphatic rings. The Kier molecular flexibility index (Phi) is 5.02. The summed E-state index contributed by atoms with van der Waals surface area (Å²) in [6, 6.07) is 5.05. The smallest absolute Gasteiger partial charge is 0.127 e. The van der Waals surface area contributed by atoms with Crippen LogP contribution < -0.4 is 5.32 Å². The van der Waals surface area contributed by atoms with E-state index in [4.69, 9.17) is 11.6 Å². The lowest BCUT2D eigenvalue weighted by atomic mass is 9.76. The normalized spacial score (nSPS) is 24.2. The molecule has 100 valence electrons. The zero-order valence-electron chi connectivity index (χ0n) is 10.9. The molecule has 2 atom stereocenters. The Morgan fingerprint density at radius 1 is 1.28 bits per heavy atom. The maximum absolute atomic E-state index is 13.8. The molecule has 1 aromatic carbocycles. The molecule has 0 bridgehead atoms. The van der Waals surface area contributed by atoms with Crippen LogP contribution in [0.2, 0.25) is 5.02 Å². The van der Waals surface area contributed by atoms with Crippen LogP contribution in [0.3, 0.4) is 0 Å². The first-order chi connectivity index (χ1) is 8.70. The molecule has 3 heteroatoms. The lowest BCUT2D eigenvalue weighted by Crippen LogP contribution is -2.30. The lowest BCUT2D eigenvalue weighted by Gasteiger charge is -2.31. The van der Waals surface area contributed by atoms with Crippen molar-refractivity contribution in [2.75, 3.05) is 13.6 Å². The number of halogens is 2. The average molecular weight is 270 g/mol. The minimum atomic E-state index is -0.156. The van der Waals surface area contributed by atoms with Crippen LogP contribution >= 0.6 is 11.6 Å². The Balaban J connectivity index is 2.06. The number of nitrogens with one attached hydrogen (secondary N) is 1. The van der Waals surface area contributed by atoms with Crippen LogP contribution in [0.1, 0.15) is 31.2 Å². The van der Waals surface area contributed by atoms with Gasteiger partial charge in [-0.15, -0.1) is 0 Å². The van der Waals surface area contributed by atoms with Gasteiger partial charge >= 0.3 is 0 Å². The van der Waals surface area contributed by atoms with Crippen LogP contribution in [0.5, 0.6) is 0 Å². The van der Waals surface area contributed by atoms with Crippen molar-refractivity contribution in [1.82, 2.24) is 5.32 Å². The van der Waals surface area contributed by atoms with Crippen LogP contribution in [-0.4, -0.2) is 13.6 Å². The van der Waals surface area contributed by atoms with E-state index in [1.165, 1.54) is 31.7 Å². The molecule has 0 saturated heterocycles. The van der Waals surface area contributed by atoms with Crippen molar-refractivity contribution < 1.29 is 4.39 Å². The van der Waals surface area contributed by atoms with Gasteiger partial charge in [-0.05, 0) is 62.4 Å². The molecular formula is C15H21ClFN. The van der Waals surface area contributed by atoms with Crippen molar-refractivity contribution in [2.45, 2.75) is 32.1 Å². The van der Waals surface area contributed by atoms with Crippen molar-refractivity contribution in [3.63, 3.8) is 0 Å². The summed E-state index contributed by atoms with van der Waals surface area (Å²) in [4.78, 5) is 0. The Labute approximate surface area is 114 Å². The van der Waals surface area contributed by atoms with Gasteiger partial charge in [-0.2, -0.15) is 0 Å². The zero-order chi connectivity index (χ0) is 13.0. The molecule has 0 radical (unpaired) electrons. The van der Waals surface area contributed by atoms with Crippen LogP contribution in [0.25, 0.3) is 0 Å². The third-order valence-corrected chi connectivity index (χ3v) is 4.27. The molecule has 1 N–H and O–H groups in total. The molecule has 2 rings (SSSR count). The Bertz CT molecular complexity index is 392. The van der Waals surface area contributed by atoms with Gasteiger partial charge in [0.25, 0.3) is 0 Å². The average Bonchev–Trinajstić information content (AvgIpc) is 2.35. The highest BCUT2D eigenvalue weighted by Gasteiger charge is 2.25. The summed E-state index contributed by atoms with van der Waals surface area (Å²) in [6.45, 7) is 1.04. The van der Waals surface area contributed by atoms with Crippen LogP contribution in [0.15, 0.2) is 18.2 Å². The fraction of sp³-hybridized carbons (Fsp3) is 0.600. The molecule has 1 nitrogen and oxygen atoms in total. The minimum absolute atomic E-state index is 0.156. The monoisotopic (exact) mass is 269 g/mol. The molecule has 2 unspecified atom stereocenters. The van der Waals surface area contributed by atoms with E-state index < -0.39 is 0 Å². The highest BCUT2D eigenvalue weighted by molar-refractivity contribution is 6.30. The summed E-state index contributed by atoms with van der Waals surface area (Å²) in [6.07, 6.45) is 5.91. The van der Waals surface area contributed by atoms with Gasteiger partial charge in [0.15, 0.2) is 0 Å². The van der Waals surface area contributed by atoms with Crippen LogP contribution in [0.4, 0.5) is 4.39 Å². The topological polar surface area (TPSA) is 12.0 Å². The number of hydrogen-bond donors (Lipinski definition) is 1. The summed E-state index contributed by atoms with van der Waals surface area (Å²) >= 11 is 5.79. The van der Waals surface area contributed by atoms with Crippen molar-refractivity contribution in [2.24, 2.45) is 11.8 Å². The molecule has 1 aliphatic carbocycles. The molecule has 18 heavy (non-hydrogen) atoms. The largest absolute Gasteiger partial charge is 0.319 e. The second kappa shape index (κ2) is 6.53. The highest BCUT2D eigenvalue weighted by Crippen LogP contribution is 2.33. The van der Waals surface area contributed by atoms with Gasteiger partial charge in [-0.1, -0.05) is 30.5 Å². The van der Waals surface area contributed by atoms with E-state index in [0.29, 0.717) is 16.9 Å². The van der Waals surface area contributed by atoms with Gasteiger partial charge in [0.1, 0.15) is 5.82 Å². The predicted molar refractivity (Wildman–Crippen MR) is 74.5 cm³/mol. The van der Waals surface area contributed by atoms with Gasteiger partial charge in [-0.25, -0.2) is 4.39 Å². The third kappa shape index (κ3) is 3.46. The van der Waals surface area contributed by atoms with E-state index >= 15 is 0 Å². The Morgan fingerprint density at radius 2 is 2.00 bits per heavy atom. The maximum Gasteiger partial charge on any atom is 0.127 e. The van der Waals surface area contributed by atoms with Gasteiger partial charge < -0.3 is 5.32 Å². The lowest BCUT2D eigenvalue weighted by molar-refractivity contribution is 0.230. The summed E-state index contributed by atoms with van der Waals surface area (Å²) in [7, 11) is 1.99. The maximum atomic E-state index is 13.8. The summed E-state index contributed by atoms with van der Waals surface area (Å²) in [5, 5.41) is 3.74. The molecule has 1 saturated carbocycles. The highest BCUT2D eigenvalue weighted by atomic mass is 35.5. The Morgan fingerprint density at radius 3 is 2.67 bits per heavy atom. The van der Waals surface area contributed by atoms with E-state index in [1.54, 1.807) is 6.07 Å². The zero-order valence-corrected chi connectivity index (χ0v) is 11.6. The van der Waals surface area contributed by atoms with Gasteiger partial charge in [0.05, 0.1) is 0 Å². The first-order valence-electron chi connectivity index (χ1n) is 6.79. The summed E-state index contributed by atoms with van der Waals surface area (Å²) < 4.78 is 13.8. The molecule has 1 aromatic rings. The standard InChI is InChI=1S/C15H21ClFN/c1-18-10-13-5-3-2-4-11(13)8-12-6-7-14(16)9-15(12)17/h6-7,9,11,13,18H,2-5,8,10H2,1H3. The second-order valence-electron chi connectivity index (χ2n) is 5.30. The van der Waals surface area contributed by atoms with Gasteiger partial charge in [-0.3, -0.25) is 0 Å². The molecule has 0 aromatic heterocycles. The predicted octanol–water partition coefficient (Wildman–Crippen LogP) is 4.05. The molecule has 0 heterocycles. The molecular weight excluding hydrogens is 249 g/mol. The van der Waals surface area contributed by atoms with E-state index in [1.807, 2.05) is 13.1 Å². The fourth-order valence-corrected chi connectivity index (χ4v) is 3.21. The summed E-state index contributed by atoms with van der Waals surface area (Å²) in [5.41, 5.74) is 0.812. The summed E-state index contributed by atoms with van der Waals surface area (Å²) in [5.74, 6) is 1.12. The second-order valence-corrected chi connectivity index (χ2v) is 5.74. The first-order valence-corrected chi connectivity index (χ1v) is 7.17. The van der Waals surface area contributed by atoms with Gasteiger partial charge in [0, 0.05) is 5.02 Å². The van der Waals surface area contributed by atoms with Crippen LogP contribution in [0, 0.1) is 17.7 Å². The van der Waals surface area contributed by atoms with Crippen molar-refractivity contribution in [3.05, 3.63) is 34.6 Å². The molecule has 0 spiro atoms. The van der Waals surface area contributed by atoms with E-state index in [-0.39, 0.29) is 5.82 Å². The van der Waals surface area contributed by atoms with Gasteiger partial charge in [0.2, 0.25) is 0 Å². The molecule has 0 aliphatic heterocycles. The third-order valence-electron chi connectivity index (χ3n) is 4.03.